The van der Waals surface area contributed by atoms with Gasteiger partial charge in [-0.3, -0.25) is 0 Å². The number of hydrogen-bond donors (Lipinski definition) is 1. The van der Waals surface area contributed by atoms with E-state index in [1.54, 1.807) is 6.07 Å². The fourth-order valence-electron chi connectivity index (χ4n) is 3.17. The molecule has 1 unspecified atom stereocenters. The molecule has 1 fully saturated rings. The number of aromatic nitrogens is 1. The van der Waals surface area contributed by atoms with Crippen molar-refractivity contribution in [2.75, 3.05) is 18.0 Å². The number of carboxylic acid groups (broad SMARTS) is 1. The number of hydrogen-bond acceptors (Lipinski definition) is 3. The van der Waals surface area contributed by atoms with E-state index in [1.165, 1.54) is 12.8 Å². The van der Waals surface area contributed by atoms with E-state index in [1.807, 2.05) is 24.3 Å². The van der Waals surface area contributed by atoms with E-state index < -0.39 is 5.97 Å². The number of anilines is 1. The summed E-state index contributed by atoms with van der Waals surface area (Å²) in [5, 5.41) is 10.4. The van der Waals surface area contributed by atoms with E-state index in [-0.39, 0.29) is 0 Å². The van der Waals surface area contributed by atoms with Gasteiger partial charge in [0.25, 0.3) is 0 Å². The van der Waals surface area contributed by atoms with Gasteiger partial charge in [0.15, 0.2) is 0 Å². The van der Waals surface area contributed by atoms with Crippen molar-refractivity contribution >= 4 is 22.7 Å². The first kappa shape index (κ1) is 13.9. The lowest BCUT2D eigenvalue weighted by molar-refractivity contribution is 0.0697. The minimum atomic E-state index is -0.901. The number of carboxylic acids is 1. The average molecular weight is 284 g/mol. The monoisotopic (exact) mass is 284 g/mol. The lowest BCUT2D eigenvalue weighted by atomic mass is 10.0. The molecule has 21 heavy (non-hydrogen) atoms. The highest BCUT2D eigenvalue weighted by molar-refractivity contribution is 5.98. The first-order chi connectivity index (χ1) is 10.2. The zero-order valence-electron chi connectivity index (χ0n) is 12.2. The zero-order chi connectivity index (χ0) is 14.8. The van der Waals surface area contributed by atoms with Crippen molar-refractivity contribution in [3.8, 4) is 0 Å². The summed E-state index contributed by atoms with van der Waals surface area (Å²) in [6, 6.07) is 9.42. The highest BCUT2D eigenvalue weighted by Crippen LogP contribution is 2.29. The summed E-state index contributed by atoms with van der Waals surface area (Å²) in [6.45, 7) is 4.01. The van der Waals surface area contributed by atoms with Gasteiger partial charge in [-0.15, -0.1) is 0 Å². The Kier molecular flexibility index (Phi) is 3.78. The van der Waals surface area contributed by atoms with Crippen molar-refractivity contribution in [1.82, 2.24) is 4.98 Å². The lowest BCUT2D eigenvalue weighted by Crippen LogP contribution is -2.23. The van der Waals surface area contributed by atoms with E-state index in [9.17, 15) is 9.90 Å². The van der Waals surface area contributed by atoms with Gasteiger partial charge in [0.2, 0.25) is 0 Å². The first-order valence-electron chi connectivity index (χ1n) is 7.57. The summed E-state index contributed by atoms with van der Waals surface area (Å²) in [6.07, 6.45) is 3.50. The third-order valence-electron chi connectivity index (χ3n) is 4.22. The topological polar surface area (TPSA) is 53.4 Å². The molecule has 0 amide bonds. The molecule has 0 radical (unpaired) electrons. The molecule has 0 saturated carbocycles. The molecule has 1 saturated heterocycles. The Hall–Kier alpha value is -2.10. The van der Waals surface area contributed by atoms with E-state index in [4.69, 9.17) is 0 Å². The molecule has 2 aromatic rings. The quantitative estimate of drug-likeness (QED) is 0.932. The average Bonchev–Trinajstić information content (AvgIpc) is 2.94. The second-order valence-corrected chi connectivity index (χ2v) is 5.75. The third kappa shape index (κ3) is 2.71. The fourth-order valence-corrected chi connectivity index (χ4v) is 3.17. The predicted molar refractivity (Wildman–Crippen MR) is 83.9 cm³/mol. The smallest absolute Gasteiger partial charge is 0.339 e. The molecule has 0 bridgehead atoms. The van der Waals surface area contributed by atoms with Gasteiger partial charge in [0.1, 0.15) is 11.4 Å². The number of pyridine rings is 1. The number of benzene rings is 1. The molecule has 3 rings (SSSR count). The van der Waals surface area contributed by atoms with Crippen molar-refractivity contribution in [2.45, 2.75) is 26.2 Å². The maximum absolute atomic E-state index is 11.6. The normalized spacial score (nSPS) is 18.3. The highest BCUT2D eigenvalue weighted by atomic mass is 16.4. The molecular weight excluding hydrogens is 264 g/mol. The molecule has 110 valence electrons. The summed E-state index contributed by atoms with van der Waals surface area (Å²) in [5.74, 6) is 0.381. The molecule has 1 aromatic heterocycles. The molecule has 0 spiro atoms. The van der Waals surface area contributed by atoms with E-state index in [0.29, 0.717) is 17.3 Å². The van der Waals surface area contributed by atoms with Crippen LogP contribution in [0.25, 0.3) is 10.9 Å². The van der Waals surface area contributed by atoms with Crippen molar-refractivity contribution in [1.29, 1.82) is 0 Å². The van der Waals surface area contributed by atoms with Crippen molar-refractivity contribution in [3.63, 3.8) is 0 Å². The van der Waals surface area contributed by atoms with Crippen molar-refractivity contribution < 1.29 is 9.90 Å². The number of rotatable bonds is 4. The van der Waals surface area contributed by atoms with Gasteiger partial charge in [0, 0.05) is 18.5 Å². The second kappa shape index (κ2) is 5.72. The summed E-state index contributed by atoms with van der Waals surface area (Å²) >= 11 is 0. The van der Waals surface area contributed by atoms with Gasteiger partial charge in [-0.25, -0.2) is 9.78 Å². The van der Waals surface area contributed by atoms with Gasteiger partial charge in [-0.1, -0.05) is 31.5 Å². The molecule has 1 aromatic carbocycles. The SMILES string of the molecule is CCCC1CCN(c2nc3ccccc3cc2C(=O)O)C1. The Morgan fingerprint density at radius 1 is 1.43 bits per heavy atom. The standard InChI is InChI=1S/C17H20N2O2/c1-2-5-12-8-9-19(11-12)16-14(17(20)21)10-13-6-3-4-7-15(13)18-16/h3-4,6-7,10,12H,2,5,8-9,11H2,1H3,(H,20,21). The molecule has 1 atom stereocenters. The van der Waals surface area contributed by atoms with Gasteiger partial charge in [0.05, 0.1) is 5.52 Å². The predicted octanol–water partition coefficient (Wildman–Crippen LogP) is 3.56. The molecule has 4 nitrogen and oxygen atoms in total. The maximum atomic E-state index is 11.6. The van der Waals surface area contributed by atoms with Crippen molar-refractivity contribution in [2.24, 2.45) is 5.92 Å². The first-order valence-corrected chi connectivity index (χ1v) is 7.57. The zero-order valence-corrected chi connectivity index (χ0v) is 12.2. The summed E-state index contributed by atoms with van der Waals surface area (Å²) in [5.41, 5.74) is 1.17. The van der Waals surface area contributed by atoms with Crippen molar-refractivity contribution in [3.05, 3.63) is 35.9 Å². The Bertz CT molecular complexity index is 669. The number of nitrogens with zero attached hydrogens (tertiary/aromatic N) is 2. The van der Waals surface area contributed by atoms with Gasteiger partial charge >= 0.3 is 5.97 Å². The van der Waals surface area contributed by atoms with E-state index in [2.05, 4.69) is 16.8 Å². The van der Waals surface area contributed by atoms with Crippen LogP contribution in [0.5, 0.6) is 0 Å². The summed E-state index contributed by atoms with van der Waals surface area (Å²) in [7, 11) is 0. The molecular formula is C17H20N2O2. The van der Waals surface area contributed by atoms with Gasteiger partial charge in [-0.2, -0.15) is 0 Å². The summed E-state index contributed by atoms with van der Waals surface area (Å²) in [4.78, 5) is 18.3. The molecule has 1 aliphatic heterocycles. The Morgan fingerprint density at radius 3 is 3.00 bits per heavy atom. The fraction of sp³-hybridized carbons (Fsp3) is 0.412. The number of aromatic carboxylic acids is 1. The Labute approximate surface area is 124 Å². The van der Waals surface area contributed by atoms with Crippen LogP contribution in [0.3, 0.4) is 0 Å². The highest BCUT2D eigenvalue weighted by Gasteiger charge is 2.26. The molecule has 0 aliphatic carbocycles. The second-order valence-electron chi connectivity index (χ2n) is 5.75. The van der Waals surface area contributed by atoms with E-state index in [0.717, 1.165) is 30.4 Å². The number of fused-ring (bicyclic) bond motifs is 1. The van der Waals surface area contributed by atoms with Crippen LogP contribution in [0, 0.1) is 5.92 Å². The molecule has 2 heterocycles. The van der Waals surface area contributed by atoms with Gasteiger partial charge < -0.3 is 10.0 Å². The Morgan fingerprint density at radius 2 is 2.24 bits per heavy atom. The minimum Gasteiger partial charge on any atom is -0.478 e. The molecule has 1 N–H and O–H groups in total. The molecule has 4 heteroatoms. The maximum Gasteiger partial charge on any atom is 0.339 e. The van der Waals surface area contributed by atoms with E-state index >= 15 is 0 Å². The van der Waals surface area contributed by atoms with Crippen LogP contribution >= 0.6 is 0 Å². The largest absolute Gasteiger partial charge is 0.478 e. The van der Waals surface area contributed by atoms with Crippen LogP contribution in [-0.2, 0) is 0 Å². The van der Waals surface area contributed by atoms with Crippen LogP contribution in [0.2, 0.25) is 0 Å². The number of carbonyl (C=O) groups is 1. The summed E-state index contributed by atoms with van der Waals surface area (Å²) < 4.78 is 0. The van der Waals surface area contributed by atoms with Gasteiger partial charge in [-0.05, 0) is 30.9 Å². The third-order valence-corrected chi connectivity index (χ3v) is 4.22. The lowest BCUT2D eigenvalue weighted by Gasteiger charge is -2.20. The number of para-hydroxylation sites is 1. The van der Waals surface area contributed by atoms with Crippen LogP contribution < -0.4 is 4.90 Å². The Balaban J connectivity index is 2.00. The van der Waals surface area contributed by atoms with Crippen LogP contribution in [-0.4, -0.2) is 29.1 Å². The van der Waals surface area contributed by atoms with Crippen LogP contribution in [0.1, 0.15) is 36.5 Å². The van der Waals surface area contributed by atoms with Crippen LogP contribution in [0.15, 0.2) is 30.3 Å². The van der Waals surface area contributed by atoms with Crippen LogP contribution in [0.4, 0.5) is 5.82 Å². The minimum absolute atomic E-state index is 0.311. The molecule has 1 aliphatic rings.